The summed E-state index contributed by atoms with van der Waals surface area (Å²) in [5, 5.41) is 3.72. The third kappa shape index (κ3) is 2.79. The van der Waals surface area contributed by atoms with Crippen LogP contribution < -0.4 is 5.32 Å². The van der Waals surface area contributed by atoms with Gasteiger partial charge in [0.15, 0.2) is 0 Å². The summed E-state index contributed by atoms with van der Waals surface area (Å²) >= 11 is 2.02. The molecule has 3 heteroatoms. The maximum absolute atomic E-state index is 5.72. The summed E-state index contributed by atoms with van der Waals surface area (Å²) in [6.07, 6.45) is 7.96. The Morgan fingerprint density at radius 2 is 2.39 bits per heavy atom. The lowest BCUT2D eigenvalue weighted by atomic mass is 10.0. The largest absolute Gasteiger partial charge is 0.378 e. The van der Waals surface area contributed by atoms with Crippen LogP contribution in [0.5, 0.6) is 0 Å². The van der Waals surface area contributed by atoms with E-state index < -0.39 is 0 Å². The lowest BCUT2D eigenvalue weighted by Gasteiger charge is -2.29. The number of fused-ring (bicyclic) bond motifs is 1. The molecule has 1 aromatic rings. The highest BCUT2D eigenvalue weighted by molar-refractivity contribution is 7.12. The fourth-order valence-corrected chi connectivity index (χ4v) is 4.28. The highest BCUT2D eigenvalue weighted by atomic mass is 32.1. The summed E-state index contributed by atoms with van der Waals surface area (Å²) in [7, 11) is 0. The Hall–Kier alpha value is -0.380. The minimum Gasteiger partial charge on any atom is -0.378 e. The highest BCUT2D eigenvalue weighted by Gasteiger charge is 2.21. The third-order valence-corrected chi connectivity index (χ3v) is 5.42. The Morgan fingerprint density at radius 1 is 1.44 bits per heavy atom. The first-order valence-corrected chi connectivity index (χ1v) is 8.12. The first-order valence-electron chi connectivity index (χ1n) is 7.30. The van der Waals surface area contributed by atoms with Crippen molar-refractivity contribution in [3.05, 3.63) is 21.4 Å². The van der Waals surface area contributed by atoms with Gasteiger partial charge in [-0.05, 0) is 50.2 Å². The van der Waals surface area contributed by atoms with Crippen molar-refractivity contribution in [1.29, 1.82) is 0 Å². The molecule has 0 bridgehead atoms. The number of thiophene rings is 1. The van der Waals surface area contributed by atoms with E-state index in [4.69, 9.17) is 4.74 Å². The van der Waals surface area contributed by atoms with Crippen LogP contribution in [-0.2, 0) is 24.1 Å². The molecule has 2 aliphatic rings. The van der Waals surface area contributed by atoms with Gasteiger partial charge in [-0.1, -0.05) is 6.92 Å². The van der Waals surface area contributed by atoms with Crippen LogP contribution in [0, 0.1) is 0 Å². The first-order chi connectivity index (χ1) is 8.85. The van der Waals surface area contributed by atoms with Crippen molar-refractivity contribution >= 4 is 11.3 Å². The molecule has 1 saturated heterocycles. The van der Waals surface area contributed by atoms with Crippen molar-refractivity contribution < 1.29 is 4.74 Å². The van der Waals surface area contributed by atoms with Gasteiger partial charge in [-0.15, -0.1) is 11.3 Å². The van der Waals surface area contributed by atoms with E-state index in [9.17, 15) is 0 Å². The van der Waals surface area contributed by atoms with Crippen molar-refractivity contribution in [2.45, 2.75) is 64.1 Å². The molecule has 1 fully saturated rings. The van der Waals surface area contributed by atoms with E-state index >= 15 is 0 Å². The minimum atomic E-state index is 0.476. The second kappa shape index (κ2) is 5.72. The maximum atomic E-state index is 5.72. The van der Waals surface area contributed by atoms with Gasteiger partial charge in [0.05, 0.1) is 6.10 Å². The molecular formula is C15H23NOS. The molecule has 1 aromatic heterocycles. The predicted molar refractivity (Wildman–Crippen MR) is 76.2 cm³/mol. The molecular weight excluding hydrogens is 242 g/mol. The molecule has 18 heavy (non-hydrogen) atoms. The summed E-state index contributed by atoms with van der Waals surface area (Å²) in [6.45, 7) is 4.20. The summed E-state index contributed by atoms with van der Waals surface area (Å²) < 4.78 is 5.72. The van der Waals surface area contributed by atoms with Crippen LogP contribution in [0.3, 0.4) is 0 Å². The van der Waals surface area contributed by atoms with Crippen molar-refractivity contribution in [2.75, 3.05) is 6.61 Å². The summed E-state index contributed by atoms with van der Waals surface area (Å²) in [5.41, 5.74) is 1.62. The molecule has 2 heterocycles. The number of hydrogen-bond donors (Lipinski definition) is 1. The average molecular weight is 265 g/mol. The standard InChI is InChI=1S/C15H23NOS/c1-2-13-9-12(6-7-17-13)16-10-14-8-11-4-3-5-15(11)18-14/h8,12-13,16H,2-7,9-10H2,1H3. The Labute approximate surface area is 114 Å². The van der Waals surface area contributed by atoms with Crippen LogP contribution in [0.2, 0.25) is 0 Å². The van der Waals surface area contributed by atoms with E-state index in [0.29, 0.717) is 12.1 Å². The van der Waals surface area contributed by atoms with Gasteiger partial charge < -0.3 is 10.1 Å². The lowest BCUT2D eigenvalue weighted by Crippen LogP contribution is -2.38. The summed E-state index contributed by atoms with van der Waals surface area (Å²) in [5.74, 6) is 0. The van der Waals surface area contributed by atoms with Gasteiger partial charge in [0, 0.05) is 28.9 Å². The number of hydrogen-bond acceptors (Lipinski definition) is 3. The Bertz CT molecular complexity index is 380. The third-order valence-electron chi connectivity index (χ3n) is 4.19. The summed E-state index contributed by atoms with van der Waals surface area (Å²) in [4.78, 5) is 3.17. The number of nitrogens with one attached hydrogen (secondary N) is 1. The van der Waals surface area contributed by atoms with Gasteiger partial charge in [-0.2, -0.15) is 0 Å². The van der Waals surface area contributed by atoms with E-state index in [1.807, 2.05) is 11.3 Å². The van der Waals surface area contributed by atoms with Crippen LogP contribution in [0.1, 0.15) is 47.9 Å². The topological polar surface area (TPSA) is 21.3 Å². The predicted octanol–water partition coefficient (Wildman–Crippen LogP) is 3.28. The van der Waals surface area contributed by atoms with Crippen LogP contribution in [0.25, 0.3) is 0 Å². The molecule has 3 rings (SSSR count). The monoisotopic (exact) mass is 265 g/mol. The number of ether oxygens (including phenoxy) is 1. The van der Waals surface area contributed by atoms with Crippen molar-refractivity contribution in [3.63, 3.8) is 0 Å². The van der Waals surface area contributed by atoms with E-state index in [1.165, 1.54) is 37.0 Å². The zero-order valence-corrected chi connectivity index (χ0v) is 12.0. The SMILES string of the molecule is CCC1CC(NCc2cc3c(s2)CCC3)CCO1. The molecule has 1 aliphatic carbocycles. The van der Waals surface area contributed by atoms with E-state index in [-0.39, 0.29) is 0 Å². The van der Waals surface area contributed by atoms with Gasteiger partial charge in [-0.25, -0.2) is 0 Å². The maximum Gasteiger partial charge on any atom is 0.0587 e. The smallest absolute Gasteiger partial charge is 0.0587 e. The fourth-order valence-electron chi connectivity index (χ4n) is 3.07. The van der Waals surface area contributed by atoms with Crippen molar-refractivity contribution in [2.24, 2.45) is 0 Å². The second-order valence-electron chi connectivity index (χ2n) is 5.52. The van der Waals surface area contributed by atoms with Crippen LogP contribution in [0.15, 0.2) is 6.07 Å². The normalized spacial score (nSPS) is 27.4. The van der Waals surface area contributed by atoms with Crippen LogP contribution >= 0.6 is 11.3 Å². The number of aryl methyl sites for hydroxylation is 2. The van der Waals surface area contributed by atoms with Gasteiger partial charge in [-0.3, -0.25) is 0 Å². The van der Waals surface area contributed by atoms with Gasteiger partial charge in [0.25, 0.3) is 0 Å². The zero-order valence-electron chi connectivity index (χ0n) is 11.2. The molecule has 1 aliphatic heterocycles. The Balaban J connectivity index is 1.51. The number of rotatable bonds is 4. The van der Waals surface area contributed by atoms with Gasteiger partial charge >= 0.3 is 0 Å². The average Bonchev–Trinajstić information content (AvgIpc) is 2.97. The van der Waals surface area contributed by atoms with Crippen LogP contribution in [0.4, 0.5) is 0 Å². The molecule has 0 amide bonds. The molecule has 1 N–H and O–H groups in total. The molecule has 2 atom stereocenters. The molecule has 0 saturated carbocycles. The quantitative estimate of drug-likeness (QED) is 0.902. The first kappa shape index (κ1) is 12.6. The summed E-state index contributed by atoms with van der Waals surface area (Å²) in [6, 6.07) is 3.08. The molecule has 0 aromatic carbocycles. The molecule has 2 unspecified atom stereocenters. The minimum absolute atomic E-state index is 0.476. The van der Waals surface area contributed by atoms with E-state index in [1.54, 1.807) is 10.4 Å². The molecule has 0 radical (unpaired) electrons. The Kier molecular flexibility index (Phi) is 4.02. The zero-order chi connectivity index (χ0) is 12.4. The lowest BCUT2D eigenvalue weighted by molar-refractivity contribution is -0.000276. The molecule has 0 spiro atoms. The fraction of sp³-hybridized carbons (Fsp3) is 0.733. The van der Waals surface area contributed by atoms with Crippen molar-refractivity contribution in [3.8, 4) is 0 Å². The van der Waals surface area contributed by atoms with E-state index in [2.05, 4.69) is 18.3 Å². The molecule has 100 valence electrons. The Morgan fingerprint density at radius 3 is 3.22 bits per heavy atom. The van der Waals surface area contributed by atoms with Crippen LogP contribution in [-0.4, -0.2) is 18.8 Å². The van der Waals surface area contributed by atoms with Gasteiger partial charge in [0.1, 0.15) is 0 Å². The van der Waals surface area contributed by atoms with Crippen molar-refractivity contribution in [1.82, 2.24) is 5.32 Å². The highest BCUT2D eigenvalue weighted by Crippen LogP contribution is 2.30. The molecule has 2 nitrogen and oxygen atoms in total. The van der Waals surface area contributed by atoms with Gasteiger partial charge in [0.2, 0.25) is 0 Å². The van der Waals surface area contributed by atoms with E-state index in [0.717, 1.165) is 19.6 Å². The second-order valence-corrected chi connectivity index (χ2v) is 6.74.